The Bertz CT molecular complexity index is 382. The third kappa shape index (κ3) is 0.932. The van der Waals surface area contributed by atoms with Gasteiger partial charge in [-0.3, -0.25) is 4.79 Å². The SMILES string of the molecule is CC(=O)OC1=C(C)C[C@@]2(C)CC[C@@H]3C[C@@]132. The molecule has 2 saturated carbocycles. The van der Waals surface area contributed by atoms with Crippen LogP contribution < -0.4 is 0 Å². The van der Waals surface area contributed by atoms with Gasteiger partial charge in [-0.25, -0.2) is 0 Å². The third-order valence-corrected chi connectivity index (χ3v) is 4.92. The van der Waals surface area contributed by atoms with Crippen molar-refractivity contribution in [2.75, 3.05) is 0 Å². The maximum absolute atomic E-state index is 11.1. The van der Waals surface area contributed by atoms with Gasteiger partial charge >= 0.3 is 5.97 Å². The second kappa shape index (κ2) is 2.47. The number of ether oxygens (including phenoxy) is 1. The molecule has 0 aromatic heterocycles. The smallest absolute Gasteiger partial charge is 0.307 e. The van der Waals surface area contributed by atoms with Crippen LogP contribution in [0.3, 0.4) is 0 Å². The molecule has 1 spiro atoms. The minimum Gasteiger partial charge on any atom is -0.431 e. The van der Waals surface area contributed by atoms with Gasteiger partial charge in [-0.1, -0.05) is 6.92 Å². The summed E-state index contributed by atoms with van der Waals surface area (Å²) in [5.41, 5.74) is 1.98. The summed E-state index contributed by atoms with van der Waals surface area (Å²) in [4.78, 5) is 11.1. The van der Waals surface area contributed by atoms with Gasteiger partial charge < -0.3 is 4.74 Å². The molecule has 82 valence electrons. The molecule has 0 amide bonds. The average molecular weight is 206 g/mol. The Hall–Kier alpha value is -0.790. The molecule has 3 aliphatic rings. The van der Waals surface area contributed by atoms with E-state index in [4.69, 9.17) is 4.74 Å². The van der Waals surface area contributed by atoms with Crippen LogP contribution in [0.25, 0.3) is 0 Å². The first-order valence-electron chi connectivity index (χ1n) is 5.88. The Labute approximate surface area is 90.7 Å². The molecule has 3 aliphatic carbocycles. The Morgan fingerprint density at radius 1 is 1.53 bits per heavy atom. The average Bonchev–Trinajstić information content (AvgIpc) is 2.74. The van der Waals surface area contributed by atoms with Crippen LogP contribution in [0.5, 0.6) is 0 Å². The summed E-state index contributed by atoms with van der Waals surface area (Å²) >= 11 is 0. The van der Waals surface area contributed by atoms with Crippen molar-refractivity contribution in [1.29, 1.82) is 0 Å². The van der Waals surface area contributed by atoms with E-state index in [9.17, 15) is 4.79 Å². The summed E-state index contributed by atoms with van der Waals surface area (Å²) < 4.78 is 5.49. The Balaban J connectivity index is 2.00. The van der Waals surface area contributed by atoms with E-state index in [-0.39, 0.29) is 11.4 Å². The van der Waals surface area contributed by atoms with E-state index < -0.39 is 0 Å². The van der Waals surface area contributed by atoms with Crippen LogP contribution in [0, 0.1) is 16.7 Å². The second-order valence-electron chi connectivity index (χ2n) is 5.85. The highest BCUT2D eigenvalue weighted by Crippen LogP contribution is 2.80. The monoisotopic (exact) mass is 206 g/mol. The van der Waals surface area contributed by atoms with Crippen molar-refractivity contribution < 1.29 is 9.53 Å². The fourth-order valence-corrected chi connectivity index (χ4v) is 4.30. The number of carbonyl (C=O) groups excluding carboxylic acids is 1. The molecule has 0 aliphatic heterocycles. The van der Waals surface area contributed by atoms with E-state index in [0.717, 1.165) is 18.1 Å². The normalized spacial score (nSPS) is 46.5. The van der Waals surface area contributed by atoms with Gasteiger partial charge in [-0.15, -0.1) is 0 Å². The Morgan fingerprint density at radius 2 is 2.27 bits per heavy atom. The quantitative estimate of drug-likeness (QED) is 0.616. The molecule has 2 heteroatoms. The van der Waals surface area contributed by atoms with E-state index >= 15 is 0 Å². The molecule has 3 rings (SSSR count). The van der Waals surface area contributed by atoms with Gasteiger partial charge in [-0.05, 0) is 49.5 Å². The van der Waals surface area contributed by atoms with Crippen LogP contribution in [0.15, 0.2) is 11.3 Å². The lowest BCUT2D eigenvalue weighted by atomic mass is 9.76. The van der Waals surface area contributed by atoms with Gasteiger partial charge in [-0.2, -0.15) is 0 Å². The van der Waals surface area contributed by atoms with Crippen LogP contribution in [0.2, 0.25) is 0 Å². The molecule has 2 nitrogen and oxygen atoms in total. The molecule has 3 atom stereocenters. The lowest BCUT2D eigenvalue weighted by Gasteiger charge is -2.29. The van der Waals surface area contributed by atoms with Crippen molar-refractivity contribution in [3.63, 3.8) is 0 Å². The topological polar surface area (TPSA) is 26.3 Å². The molecule has 15 heavy (non-hydrogen) atoms. The van der Waals surface area contributed by atoms with Crippen molar-refractivity contribution in [2.45, 2.75) is 46.5 Å². The summed E-state index contributed by atoms with van der Waals surface area (Å²) in [6.07, 6.45) is 5.02. The highest BCUT2D eigenvalue weighted by molar-refractivity contribution is 5.68. The lowest BCUT2D eigenvalue weighted by Crippen LogP contribution is -2.24. The Kier molecular flexibility index (Phi) is 1.56. The number of rotatable bonds is 1. The van der Waals surface area contributed by atoms with Crippen molar-refractivity contribution in [3.8, 4) is 0 Å². The number of allylic oxidation sites excluding steroid dienone is 2. The zero-order chi connectivity index (χ0) is 10.8. The van der Waals surface area contributed by atoms with E-state index in [0.29, 0.717) is 5.41 Å². The minimum atomic E-state index is -0.152. The van der Waals surface area contributed by atoms with Crippen LogP contribution in [0.1, 0.15) is 46.5 Å². The van der Waals surface area contributed by atoms with Crippen molar-refractivity contribution in [1.82, 2.24) is 0 Å². The van der Waals surface area contributed by atoms with Crippen LogP contribution in [-0.4, -0.2) is 5.97 Å². The Morgan fingerprint density at radius 3 is 2.87 bits per heavy atom. The predicted molar refractivity (Wildman–Crippen MR) is 57.0 cm³/mol. The molecule has 2 fully saturated rings. The van der Waals surface area contributed by atoms with Gasteiger partial charge in [0.25, 0.3) is 0 Å². The van der Waals surface area contributed by atoms with Gasteiger partial charge in [0.1, 0.15) is 5.76 Å². The van der Waals surface area contributed by atoms with Crippen molar-refractivity contribution in [3.05, 3.63) is 11.3 Å². The number of hydrogen-bond acceptors (Lipinski definition) is 2. The fraction of sp³-hybridized carbons (Fsp3) is 0.769. The summed E-state index contributed by atoms with van der Waals surface area (Å²) in [6, 6.07) is 0. The molecule has 0 bridgehead atoms. The first-order chi connectivity index (χ1) is 6.99. The number of carbonyl (C=O) groups is 1. The molecule has 0 heterocycles. The standard InChI is InChI=1S/C13H18O2/c1-8-6-12(3)5-4-10-7-13(10,12)11(8)15-9(2)14/h10H,4-7H2,1-3H3/t10-,12-,13+/m1/s1. The van der Waals surface area contributed by atoms with Crippen LogP contribution >= 0.6 is 0 Å². The molecule has 0 aromatic carbocycles. The second-order valence-corrected chi connectivity index (χ2v) is 5.85. The van der Waals surface area contributed by atoms with Crippen molar-refractivity contribution in [2.24, 2.45) is 16.7 Å². The van der Waals surface area contributed by atoms with Crippen molar-refractivity contribution >= 4 is 5.97 Å². The first kappa shape index (κ1) is 9.44. The summed E-state index contributed by atoms with van der Waals surface area (Å²) in [7, 11) is 0. The molecule has 0 radical (unpaired) electrons. The highest BCUT2D eigenvalue weighted by Gasteiger charge is 2.74. The maximum Gasteiger partial charge on any atom is 0.307 e. The predicted octanol–water partition coefficient (Wildman–Crippen LogP) is 3.03. The highest BCUT2D eigenvalue weighted by atomic mass is 16.5. The number of esters is 1. The third-order valence-electron chi connectivity index (χ3n) is 4.92. The van der Waals surface area contributed by atoms with Gasteiger partial charge in [0.2, 0.25) is 0 Å². The maximum atomic E-state index is 11.1. The minimum absolute atomic E-state index is 0.152. The summed E-state index contributed by atoms with van der Waals surface area (Å²) in [5.74, 6) is 1.69. The molecule has 0 unspecified atom stereocenters. The molecule has 0 N–H and O–H groups in total. The van der Waals surface area contributed by atoms with E-state index in [2.05, 4.69) is 13.8 Å². The van der Waals surface area contributed by atoms with Crippen LogP contribution in [0.4, 0.5) is 0 Å². The van der Waals surface area contributed by atoms with E-state index in [1.807, 2.05) is 0 Å². The fourth-order valence-electron chi connectivity index (χ4n) is 4.30. The zero-order valence-corrected chi connectivity index (χ0v) is 9.72. The first-order valence-corrected chi connectivity index (χ1v) is 5.88. The molecular formula is C13H18O2. The van der Waals surface area contributed by atoms with E-state index in [1.54, 1.807) is 0 Å². The number of hydrogen-bond donors (Lipinski definition) is 0. The molecule has 0 aromatic rings. The summed E-state index contributed by atoms with van der Waals surface area (Å²) in [5, 5.41) is 0. The largest absolute Gasteiger partial charge is 0.431 e. The van der Waals surface area contributed by atoms with Gasteiger partial charge in [0.15, 0.2) is 0 Å². The molecule has 0 saturated heterocycles. The molecular weight excluding hydrogens is 188 g/mol. The summed E-state index contributed by atoms with van der Waals surface area (Å²) in [6.45, 7) is 6.02. The van der Waals surface area contributed by atoms with E-state index in [1.165, 1.54) is 31.8 Å². The van der Waals surface area contributed by atoms with Gasteiger partial charge in [0, 0.05) is 12.3 Å². The lowest BCUT2D eigenvalue weighted by molar-refractivity contribution is -0.138. The van der Waals surface area contributed by atoms with Gasteiger partial charge in [0.05, 0.1) is 0 Å². The zero-order valence-electron chi connectivity index (χ0n) is 9.72. The van der Waals surface area contributed by atoms with Crippen LogP contribution in [-0.2, 0) is 9.53 Å².